The van der Waals surface area contributed by atoms with Gasteiger partial charge in [-0.25, -0.2) is 0 Å². The zero-order valence-corrected chi connectivity index (χ0v) is 9.50. The van der Waals surface area contributed by atoms with E-state index >= 15 is 0 Å². The quantitative estimate of drug-likeness (QED) is 0.760. The van der Waals surface area contributed by atoms with Crippen molar-refractivity contribution >= 4 is 11.9 Å². The van der Waals surface area contributed by atoms with E-state index < -0.39 is 18.0 Å². The van der Waals surface area contributed by atoms with Crippen molar-refractivity contribution < 1.29 is 24.2 Å². The second-order valence-corrected chi connectivity index (χ2v) is 3.72. The number of carboxylic acids is 1. The predicted octanol–water partition coefficient (Wildman–Crippen LogP) is 0.577. The average molecular weight is 241 g/mol. The van der Waals surface area contributed by atoms with E-state index in [9.17, 15) is 14.7 Å². The van der Waals surface area contributed by atoms with Crippen molar-refractivity contribution in [2.45, 2.75) is 19.4 Å². The number of nitrogens with zero attached hydrogens (tertiary/aromatic N) is 1. The molecular weight excluding hydrogens is 226 g/mol. The largest absolute Gasteiger partial charge is 0.481 e. The van der Waals surface area contributed by atoms with Gasteiger partial charge >= 0.3 is 5.97 Å². The summed E-state index contributed by atoms with van der Waals surface area (Å²) in [4.78, 5) is 23.6. The van der Waals surface area contributed by atoms with Gasteiger partial charge < -0.3 is 19.5 Å². The lowest BCUT2D eigenvalue weighted by Crippen LogP contribution is -2.37. The highest BCUT2D eigenvalue weighted by Crippen LogP contribution is 2.07. The molecule has 6 nitrogen and oxygen atoms in total. The molecule has 0 aliphatic rings. The van der Waals surface area contributed by atoms with Gasteiger partial charge in [0.05, 0.1) is 18.8 Å². The molecule has 1 heterocycles. The lowest BCUT2D eigenvalue weighted by molar-refractivity contribution is -0.137. The van der Waals surface area contributed by atoms with Crippen LogP contribution in [-0.2, 0) is 4.79 Å². The van der Waals surface area contributed by atoms with Crippen molar-refractivity contribution in [3.63, 3.8) is 0 Å². The third kappa shape index (κ3) is 4.28. The minimum absolute atomic E-state index is 0.0414. The molecular formula is C11H15NO5. The fourth-order valence-electron chi connectivity index (χ4n) is 1.38. The normalized spacial score (nSPS) is 12.1. The minimum Gasteiger partial charge on any atom is -0.481 e. The smallest absolute Gasteiger partial charge is 0.305 e. The molecule has 0 bridgehead atoms. The minimum atomic E-state index is -0.993. The van der Waals surface area contributed by atoms with E-state index in [0.717, 1.165) is 0 Å². The number of carboxylic acid groups (broad SMARTS) is 1. The first-order valence-electron chi connectivity index (χ1n) is 5.23. The molecule has 2 N–H and O–H groups in total. The summed E-state index contributed by atoms with van der Waals surface area (Å²) in [6.07, 6.45) is 0.479. The van der Waals surface area contributed by atoms with E-state index in [-0.39, 0.29) is 25.3 Å². The van der Waals surface area contributed by atoms with Gasteiger partial charge in [0.2, 0.25) is 0 Å². The Morgan fingerprint density at radius 2 is 2.24 bits per heavy atom. The van der Waals surface area contributed by atoms with Crippen LogP contribution in [-0.4, -0.2) is 46.2 Å². The summed E-state index contributed by atoms with van der Waals surface area (Å²) in [5, 5.41) is 17.8. The van der Waals surface area contributed by atoms with Crippen molar-refractivity contribution in [1.82, 2.24) is 4.90 Å². The molecule has 0 fully saturated rings. The number of rotatable bonds is 6. The van der Waals surface area contributed by atoms with Gasteiger partial charge in [-0.1, -0.05) is 0 Å². The Morgan fingerprint density at radius 3 is 2.71 bits per heavy atom. The van der Waals surface area contributed by atoms with Crippen LogP contribution in [0.3, 0.4) is 0 Å². The first-order valence-corrected chi connectivity index (χ1v) is 5.23. The molecule has 1 aromatic rings. The van der Waals surface area contributed by atoms with E-state index in [1.165, 1.54) is 24.2 Å². The fourth-order valence-corrected chi connectivity index (χ4v) is 1.38. The van der Waals surface area contributed by atoms with Gasteiger partial charge in [0.25, 0.3) is 5.91 Å². The summed E-state index contributed by atoms with van der Waals surface area (Å²) >= 11 is 0. The van der Waals surface area contributed by atoms with Gasteiger partial charge in [0, 0.05) is 13.1 Å². The van der Waals surface area contributed by atoms with Gasteiger partial charge in [-0.15, -0.1) is 0 Å². The Hall–Kier alpha value is -1.82. The standard InChI is InChI=1S/C11H15NO5/c1-8(13)7-12(5-4-10(14)15)11(16)9-3-2-6-17-9/h2-3,6,8,13H,4-5,7H2,1H3,(H,14,15). The maximum absolute atomic E-state index is 11.9. The fraction of sp³-hybridized carbons (Fsp3) is 0.455. The van der Waals surface area contributed by atoms with E-state index in [4.69, 9.17) is 9.52 Å². The molecule has 0 aromatic carbocycles. The van der Waals surface area contributed by atoms with Crippen LogP contribution in [0.4, 0.5) is 0 Å². The summed E-state index contributed by atoms with van der Waals surface area (Å²) in [5.41, 5.74) is 0. The lowest BCUT2D eigenvalue weighted by atomic mass is 10.3. The Kier molecular flexibility index (Phi) is 4.71. The molecule has 0 saturated heterocycles. The number of aliphatic hydroxyl groups excluding tert-OH is 1. The first kappa shape index (κ1) is 13.2. The molecule has 0 aliphatic heterocycles. The van der Waals surface area contributed by atoms with Crippen molar-refractivity contribution in [3.05, 3.63) is 24.2 Å². The van der Waals surface area contributed by atoms with E-state index in [0.29, 0.717) is 0 Å². The molecule has 94 valence electrons. The molecule has 0 aliphatic carbocycles. The lowest BCUT2D eigenvalue weighted by Gasteiger charge is -2.22. The van der Waals surface area contributed by atoms with Gasteiger partial charge in [-0.05, 0) is 19.1 Å². The third-order valence-electron chi connectivity index (χ3n) is 2.10. The monoisotopic (exact) mass is 241 g/mol. The van der Waals surface area contributed by atoms with Gasteiger partial charge in [-0.2, -0.15) is 0 Å². The molecule has 1 rings (SSSR count). The average Bonchev–Trinajstić information content (AvgIpc) is 2.75. The zero-order chi connectivity index (χ0) is 12.8. The van der Waals surface area contributed by atoms with Crippen LogP contribution >= 0.6 is 0 Å². The van der Waals surface area contributed by atoms with E-state index in [2.05, 4.69) is 0 Å². The first-order chi connectivity index (χ1) is 8.00. The Morgan fingerprint density at radius 1 is 1.53 bits per heavy atom. The summed E-state index contributed by atoms with van der Waals surface area (Å²) in [5.74, 6) is -1.28. The van der Waals surface area contributed by atoms with E-state index in [1.807, 2.05) is 0 Å². The Labute approximate surface area is 98.5 Å². The number of aliphatic carboxylic acids is 1. The second kappa shape index (κ2) is 6.05. The number of furan rings is 1. The third-order valence-corrected chi connectivity index (χ3v) is 2.10. The highest BCUT2D eigenvalue weighted by atomic mass is 16.4. The molecule has 6 heteroatoms. The zero-order valence-electron chi connectivity index (χ0n) is 9.50. The van der Waals surface area contributed by atoms with Crippen LogP contribution in [0.2, 0.25) is 0 Å². The SMILES string of the molecule is CC(O)CN(CCC(=O)O)C(=O)c1ccco1. The summed E-state index contributed by atoms with van der Waals surface area (Å²) in [6, 6.07) is 3.07. The molecule has 1 amide bonds. The Bertz CT molecular complexity index is 371. The van der Waals surface area contributed by atoms with Crippen LogP contribution in [0.25, 0.3) is 0 Å². The maximum atomic E-state index is 11.9. The summed E-state index contributed by atoms with van der Waals surface area (Å²) in [6.45, 7) is 1.65. The highest BCUT2D eigenvalue weighted by Gasteiger charge is 2.20. The molecule has 1 atom stereocenters. The summed E-state index contributed by atoms with van der Waals surface area (Å²) < 4.78 is 4.94. The van der Waals surface area contributed by atoms with E-state index in [1.54, 1.807) is 6.07 Å². The van der Waals surface area contributed by atoms with Crippen LogP contribution in [0.5, 0.6) is 0 Å². The summed E-state index contributed by atoms with van der Waals surface area (Å²) in [7, 11) is 0. The molecule has 1 unspecified atom stereocenters. The van der Waals surface area contributed by atoms with Crippen LogP contribution in [0.15, 0.2) is 22.8 Å². The number of hydrogen-bond donors (Lipinski definition) is 2. The van der Waals surface area contributed by atoms with Crippen molar-refractivity contribution in [2.24, 2.45) is 0 Å². The van der Waals surface area contributed by atoms with Crippen molar-refractivity contribution in [1.29, 1.82) is 0 Å². The maximum Gasteiger partial charge on any atom is 0.305 e. The number of aliphatic hydroxyl groups is 1. The topological polar surface area (TPSA) is 91.0 Å². The second-order valence-electron chi connectivity index (χ2n) is 3.72. The number of carbonyl (C=O) groups is 2. The number of hydrogen-bond acceptors (Lipinski definition) is 4. The number of amides is 1. The molecule has 0 saturated carbocycles. The van der Waals surface area contributed by atoms with Crippen LogP contribution in [0, 0.1) is 0 Å². The molecule has 0 spiro atoms. The van der Waals surface area contributed by atoms with Crippen molar-refractivity contribution in [3.8, 4) is 0 Å². The molecule has 1 aromatic heterocycles. The highest BCUT2D eigenvalue weighted by molar-refractivity contribution is 5.91. The predicted molar refractivity (Wildman–Crippen MR) is 58.5 cm³/mol. The van der Waals surface area contributed by atoms with Crippen LogP contribution in [0.1, 0.15) is 23.9 Å². The number of carbonyl (C=O) groups excluding carboxylic acids is 1. The molecule has 0 radical (unpaired) electrons. The van der Waals surface area contributed by atoms with Gasteiger partial charge in [-0.3, -0.25) is 9.59 Å². The van der Waals surface area contributed by atoms with Crippen LogP contribution < -0.4 is 0 Å². The van der Waals surface area contributed by atoms with Crippen molar-refractivity contribution in [2.75, 3.05) is 13.1 Å². The molecule has 17 heavy (non-hydrogen) atoms. The van der Waals surface area contributed by atoms with Gasteiger partial charge in [0.1, 0.15) is 0 Å². The van der Waals surface area contributed by atoms with Gasteiger partial charge in [0.15, 0.2) is 5.76 Å². The Balaban J connectivity index is 2.68.